The first-order chi connectivity index (χ1) is 9.36. The van der Waals surface area contributed by atoms with Crippen molar-refractivity contribution in [1.29, 1.82) is 0 Å². The second kappa shape index (κ2) is 5.32. The number of hydrogen-bond acceptors (Lipinski definition) is 1. The topological polar surface area (TPSA) is 22.0 Å². The summed E-state index contributed by atoms with van der Waals surface area (Å²) >= 11 is 5.50. The van der Waals surface area contributed by atoms with Gasteiger partial charge in [0.2, 0.25) is 0 Å². The van der Waals surface area contributed by atoms with Crippen LogP contribution < -0.4 is 0 Å². The third kappa shape index (κ3) is 2.33. The highest BCUT2D eigenvalue weighted by molar-refractivity contribution is 6.30. The zero-order valence-electron chi connectivity index (χ0n) is 10.8. The number of aryl methyl sites for hydroxylation is 1. The van der Waals surface area contributed by atoms with Crippen molar-refractivity contribution in [1.82, 2.24) is 4.57 Å². The summed E-state index contributed by atoms with van der Waals surface area (Å²) in [5.41, 5.74) is 1.15. The molecule has 0 aliphatic carbocycles. The lowest BCUT2D eigenvalue weighted by Gasteiger charge is -2.11. The molecule has 106 valence electrons. The van der Waals surface area contributed by atoms with E-state index in [2.05, 4.69) is 0 Å². The van der Waals surface area contributed by atoms with Crippen molar-refractivity contribution in [2.75, 3.05) is 5.88 Å². The van der Waals surface area contributed by atoms with Crippen LogP contribution in [0.15, 0.2) is 18.2 Å². The fraction of sp³-hybridized carbons (Fsp3) is 0.214. The zero-order valence-corrected chi connectivity index (χ0v) is 11.6. The first-order valence-corrected chi connectivity index (χ1v) is 6.33. The van der Waals surface area contributed by atoms with Gasteiger partial charge in [-0.2, -0.15) is 0 Å². The second-order valence-corrected chi connectivity index (χ2v) is 4.66. The maximum Gasteiger partial charge on any atom is 0.179 e. The van der Waals surface area contributed by atoms with Gasteiger partial charge in [-0.05, 0) is 19.9 Å². The SMILES string of the molecule is Cc1cc(C(=O)CCl)c(C)n1-c1cc(F)c(F)cc1F. The van der Waals surface area contributed by atoms with E-state index in [0.717, 1.165) is 6.07 Å². The minimum atomic E-state index is -1.26. The van der Waals surface area contributed by atoms with Crippen LogP contribution in [0.25, 0.3) is 5.69 Å². The van der Waals surface area contributed by atoms with E-state index in [0.29, 0.717) is 23.0 Å². The standard InChI is InChI=1S/C14H11ClF3NO/c1-7-3-9(14(20)6-15)8(2)19(7)13-5-11(17)10(16)4-12(13)18/h3-5H,6H2,1-2H3. The van der Waals surface area contributed by atoms with Crippen LogP contribution in [0, 0.1) is 31.3 Å². The summed E-state index contributed by atoms with van der Waals surface area (Å²) in [6.45, 7) is 3.23. The van der Waals surface area contributed by atoms with Gasteiger partial charge in [0.15, 0.2) is 17.4 Å². The molecule has 6 heteroatoms. The van der Waals surface area contributed by atoms with E-state index in [1.807, 2.05) is 0 Å². The number of benzene rings is 1. The Morgan fingerprint density at radius 1 is 1.10 bits per heavy atom. The maximum absolute atomic E-state index is 13.8. The zero-order chi connectivity index (χ0) is 15.0. The minimum Gasteiger partial charge on any atom is -0.315 e. The molecule has 2 rings (SSSR count). The van der Waals surface area contributed by atoms with Crippen LogP contribution in [0.5, 0.6) is 0 Å². The monoisotopic (exact) mass is 301 g/mol. The number of aromatic nitrogens is 1. The third-order valence-electron chi connectivity index (χ3n) is 3.08. The number of hydrogen-bond donors (Lipinski definition) is 0. The Kier molecular flexibility index (Phi) is 3.90. The Balaban J connectivity index is 2.68. The predicted octanol–water partition coefficient (Wildman–Crippen LogP) is 3.93. The number of carbonyl (C=O) groups excluding carboxylic acids is 1. The molecule has 0 fully saturated rings. The smallest absolute Gasteiger partial charge is 0.179 e. The first kappa shape index (κ1) is 14.7. The number of rotatable bonds is 3. The molecule has 1 aromatic heterocycles. The fourth-order valence-corrected chi connectivity index (χ4v) is 2.32. The Labute approximate surface area is 118 Å². The van der Waals surface area contributed by atoms with Gasteiger partial charge in [0.1, 0.15) is 5.82 Å². The van der Waals surface area contributed by atoms with E-state index in [9.17, 15) is 18.0 Å². The lowest BCUT2D eigenvalue weighted by molar-refractivity contribution is 0.102. The average Bonchev–Trinajstić information content (AvgIpc) is 2.69. The third-order valence-corrected chi connectivity index (χ3v) is 3.33. The van der Waals surface area contributed by atoms with Gasteiger partial charge < -0.3 is 4.57 Å². The van der Waals surface area contributed by atoms with Crippen LogP contribution in [0.2, 0.25) is 0 Å². The van der Waals surface area contributed by atoms with Crippen molar-refractivity contribution >= 4 is 17.4 Å². The Morgan fingerprint density at radius 2 is 1.70 bits per heavy atom. The molecule has 0 atom stereocenters. The largest absolute Gasteiger partial charge is 0.315 e. The molecule has 0 amide bonds. The van der Waals surface area contributed by atoms with Crippen LogP contribution in [-0.4, -0.2) is 16.2 Å². The van der Waals surface area contributed by atoms with Crippen molar-refractivity contribution < 1.29 is 18.0 Å². The summed E-state index contributed by atoms with van der Waals surface area (Å²) in [5, 5.41) is 0. The highest BCUT2D eigenvalue weighted by atomic mass is 35.5. The van der Waals surface area contributed by atoms with Gasteiger partial charge in [-0.25, -0.2) is 13.2 Å². The number of halogens is 4. The Bertz CT molecular complexity index is 694. The molecule has 2 nitrogen and oxygen atoms in total. The van der Waals surface area contributed by atoms with Crippen molar-refractivity contribution in [3.63, 3.8) is 0 Å². The molecule has 0 aliphatic rings. The second-order valence-electron chi connectivity index (χ2n) is 4.39. The molecule has 0 N–H and O–H groups in total. The molecule has 2 aromatic rings. The molecule has 0 radical (unpaired) electrons. The van der Waals surface area contributed by atoms with E-state index in [-0.39, 0.29) is 17.4 Å². The molecular formula is C14H11ClF3NO. The van der Waals surface area contributed by atoms with Crippen molar-refractivity contribution in [2.24, 2.45) is 0 Å². The van der Waals surface area contributed by atoms with Crippen molar-refractivity contribution in [2.45, 2.75) is 13.8 Å². The van der Waals surface area contributed by atoms with Crippen LogP contribution in [0.1, 0.15) is 21.7 Å². The molecule has 0 saturated heterocycles. The molecule has 1 aromatic carbocycles. The highest BCUT2D eigenvalue weighted by Gasteiger charge is 2.19. The molecule has 1 heterocycles. The molecule has 0 spiro atoms. The van der Waals surface area contributed by atoms with Crippen LogP contribution in [-0.2, 0) is 0 Å². The molecular weight excluding hydrogens is 291 g/mol. The number of carbonyl (C=O) groups is 1. The lowest BCUT2D eigenvalue weighted by atomic mass is 10.2. The van der Waals surface area contributed by atoms with Gasteiger partial charge >= 0.3 is 0 Å². The normalized spacial score (nSPS) is 10.9. The quantitative estimate of drug-likeness (QED) is 0.478. The average molecular weight is 302 g/mol. The Hall–Kier alpha value is -1.75. The van der Waals surface area contributed by atoms with Gasteiger partial charge in [0, 0.05) is 29.1 Å². The predicted molar refractivity (Wildman–Crippen MR) is 70.2 cm³/mol. The molecule has 20 heavy (non-hydrogen) atoms. The van der Waals surface area contributed by atoms with E-state index in [1.54, 1.807) is 19.9 Å². The fourth-order valence-electron chi connectivity index (χ4n) is 2.17. The summed E-state index contributed by atoms with van der Waals surface area (Å²) in [4.78, 5) is 11.7. The van der Waals surface area contributed by atoms with E-state index >= 15 is 0 Å². The summed E-state index contributed by atoms with van der Waals surface area (Å²) in [6, 6.07) is 2.78. The van der Waals surface area contributed by atoms with Gasteiger partial charge in [-0.3, -0.25) is 4.79 Å². The van der Waals surface area contributed by atoms with E-state index < -0.39 is 17.5 Å². The summed E-state index contributed by atoms with van der Waals surface area (Å²) in [6.07, 6.45) is 0. The van der Waals surface area contributed by atoms with Crippen LogP contribution >= 0.6 is 11.6 Å². The minimum absolute atomic E-state index is 0.146. The number of nitrogens with zero attached hydrogens (tertiary/aromatic N) is 1. The maximum atomic E-state index is 13.8. The highest BCUT2D eigenvalue weighted by Crippen LogP contribution is 2.25. The Morgan fingerprint density at radius 3 is 2.30 bits per heavy atom. The van der Waals surface area contributed by atoms with Gasteiger partial charge in [0.25, 0.3) is 0 Å². The summed E-state index contributed by atoms with van der Waals surface area (Å²) in [7, 11) is 0. The number of Topliss-reactive ketones (excluding diaryl/α,β-unsaturated/α-hetero) is 1. The molecule has 0 bridgehead atoms. The van der Waals surface area contributed by atoms with E-state index in [1.165, 1.54) is 4.57 Å². The molecule has 0 aliphatic heterocycles. The summed E-state index contributed by atoms with van der Waals surface area (Å²) in [5.74, 6) is -3.83. The van der Waals surface area contributed by atoms with Gasteiger partial charge in [-0.1, -0.05) is 0 Å². The molecule has 0 unspecified atom stereocenters. The van der Waals surface area contributed by atoms with Crippen molar-refractivity contribution in [3.05, 3.63) is 52.6 Å². The molecule has 0 saturated carbocycles. The number of alkyl halides is 1. The van der Waals surface area contributed by atoms with E-state index in [4.69, 9.17) is 11.6 Å². The lowest BCUT2D eigenvalue weighted by Crippen LogP contribution is -2.06. The van der Waals surface area contributed by atoms with Crippen LogP contribution in [0.3, 0.4) is 0 Å². The van der Waals surface area contributed by atoms with Gasteiger partial charge in [0.05, 0.1) is 11.6 Å². The number of ketones is 1. The van der Waals surface area contributed by atoms with Crippen LogP contribution in [0.4, 0.5) is 13.2 Å². The summed E-state index contributed by atoms with van der Waals surface area (Å²) < 4.78 is 41.5. The van der Waals surface area contributed by atoms with Gasteiger partial charge in [-0.15, -0.1) is 11.6 Å². The first-order valence-electron chi connectivity index (χ1n) is 5.79. The van der Waals surface area contributed by atoms with Crippen molar-refractivity contribution in [3.8, 4) is 5.69 Å².